The molecule has 1 unspecified atom stereocenters. The van der Waals surface area contributed by atoms with Crippen LogP contribution in [0.1, 0.15) is 23.1 Å². The van der Waals surface area contributed by atoms with Gasteiger partial charge >= 0.3 is 0 Å². The van der Waals surface area contributed by atoms with E-state index in [2.05, 4.69) is 5.32 Å². The molecule has 0 aliphatic carbocycles. The van der Waals surface area contributed by atoms with Crippen LogP contribution in [0.15, 0.2) is 6.07 Å². The first-order valence-corrected chi connectivity index (χ1v) is 5.74. The molecule has 1 atom stereocenters. The number of halogens is 2. The lowest BCUT2D eigenvalue weighted by Crippen LogP contribution is -2.13. The van der Waals surface area contributed by atoms with E-state index in [1.54, 1.807) is 19.9 Å². The fourth-order valence-corrected chi connectivity index (χ4v) is 2.38. The Morgan fingerprint density at radius 2 is 1.88 bits per heavy atom. The van der Waals surface area contributed by atoms with Crippen molar-refractivity contribution >= 4 is 0 Å². The first kappa shape index (κ1) is 11.5. The van der Waals surface area contributed by atoms with E-state index in [1.165, 1.54) is 0 Å². The molecular formula is C13H17F2N. The van der Waals surface area contributed by atoms with Crippen molar-refractivity contribution in [1.82, 2.24) is 5.32 Å². The Balaban J connectivity index is 2.31. The van der Waals surface area contributed by atoms with Gasteiger partial charge < -0.3 is 5.32 Å². The molecule has 0 aromatic heterocycles. The fraction of sp³-hybridized carbons (Fsp3) is 0.538. The SMILES string of the molecule is Cc1cc(C)c(F)c(CC2CCNC2)c1F. The standard InChI is InChI=1S/C13H17F2N/c1-8-5-9(2)13(15)11(12(8)14)6-10-3-4-16-7-10/h5,10,16H,3-4,6-7H2,1-2H3. The smallest absolute Gasteiger partial charge is 0.132 e. The number of rotatable bonds is 2. The highest BCUT2D eigenvalue weighted by molar-refractivity contribution is 5.32. The highest BCUT2D eigenvalue weighted by Crippen LogP contribution is 2.24. The van der Waals surface area contributed by atoms with Gasteiger partial charge in [0, 0.05) is 5.56 Å². The molecular weight excluding hydrogens is 208 g/mol. The van der Waals surface area contributed by atoms with Gasteiger partial charge in [0.15, 0.2) is 0 Å². The van der Waals surface area contributed by atoms with Crippen molar-refractivity contribution in [2.24, 2.45) is 5.92 Å². The minimum atomic E-state index is -0.366. The number of nitrogens with one attached hydrogen (secondary N) is 1. The molecule has 0 amide bonds. The summed E-state index contributed by atoms with van der Waals surface area (Å²) in [7, 11) is 0. The van der Waals surface area contributed by atoms with Gasteiger partial charge in [-0.25, -0.2) is 8.78 Å². The van der Waals surface area contributed by atoms with Gasteiger partial charge in [0.1, 0.15) is 11.6 Å². The largest absolute Gasteiger partial charge is 0.316 e. The van der Waals surface area contributed by atoms with Crippen molar-refractivity contribution in [2.45, 2.75) is 26.7 Å². The van der Waals surface area contributed by atoms with Crippen LogP contribution in [0.25, 0.3) is 0 Å². The van der Waals surface area contributed by atoms with Crippen LogP contribution >= 0.6 is 0 Å². The number of benzene rings is 1. The van der Waals surface area contributed by atoms with E-state index in [-0.39, 0.29) is 17.2 Å². The van der Waals surface area contributed by atoms with Crippen molar-refractivity contribution in [2.75, 3.05) is 13.1 Å². The number of hydrogen-bond donors (Lipinski definition) is 1. The molecule has 88 valence electrons. The molecule has 1 aliphatic rings. The van der Waals surface area contributed by atoms with Crippen LogP contribution in [0.5, 0.6) is 0 Å². The zero-order chi connectivity index (χ0) is 11.7. The Labute approximate surface area is 94.9 Å². The van der Waals surface area contributed by atoms with Gasteiger partial charge in [0.25, 0.3) is 0 Å². The molecule has 0 bridgehead atoms. The quantitative estimate of drug-likeness (QED) is 0.816. The summed E-state index contributed by atoms with van der Waals surface area (Å²) >= 11 is 0. The predicted octanol–water partition coefficient (Wildman–Crippen LogP) is 2.73. The minimum Gasteiger partial charge on any atom is -0.316 e. The summed E-state index contributed by atoms with van der Waals surface area (Å²) < 4.78 is 27.7. The monoisotopic (exact) mass is 225 g/mol. The molecule has 0 spiro atoms. The molecule has 1 N–H and O–H groups in total. The Hall–Kier alpha value is -0.960. The lowest BCUT2D eigenvalue weighted by Gasteiger charge is -2.13. The Morgan fingerprint density at radius 3 is 2.38 bits per heavy atom. The first-order valence-electron chi connectivity index (χ1n) is 5.74. The van der Waals surface area contributed by atoms with E-state index >= 15 is 0 Å². The lowest BCUT2D eigenvalue weighted by molar-refractivity contribution is 0.500. The average Bonchev–Trinajstić information content (AvgIpc) is 2.74. The number of hydrogen-bond acceptors (Lipinski definition) is 1. The van der Waals surface area contributed by atoms with Gasteiger partial charge in [-0.2, -0.15) is 0 Å². The lowest BCUT2D eigenvalue weighted by atomic mass is 9.95. The van der Waals surface area contributed by atoms with Gasteiger partial charge in [-0.05, 0) is 56.8 Å². The third-order valence-electron chi connectivity index (χ3n) is 3.31. The minimum absolute atomic E-state index is 0.270. The van der Waals surface area contributed by atoms with Crippen molar-refractivity contribution < 1.29 is 8.78 Å². The van der Waals surface area contributed by atoms with E-state index in [0.29, 0.717) is 23.5 Å². The molecule has 2 rings (SSSR count). The van der Waals surface area contributed by atoms with Crippen LogP contribution in [-0.4, -0.2) is 13.1 Å². The van der Waals surface area contributed by atoms with Gasteiger partial charge in [-0.15, -0.1) is 0 Å². The molecule has 0 saturated carbocycles. The second-order valence-corrected chi connectivity index (χ2v) is 4.68. The summed E-state index contributed by atoms with van der Waals surface area (Å²) in [5, 5.41) is 3.22. The Kier molecular flexibility index (Phi) is 3.24. The van der Waals surface area contributed by atoms with Crippen LogP contribution in [-0.2, 0) is 6.42 Å². The van der Waals surface area contributed by atoms with Gasteiger partial charge in [0.05, 0.1) is 0 Å². The number of aryl methyl sites for hydroxylation is 2. The maximum atomic E-state index is 13.8. The molecule has 1 aliphatic heterocycles. The van der Waals surface area contributed by atoms with Crippen LogP contribution in [0.3, 0.4) is 0 Å². The maximum absolute atomic E-state index is 13.8. The zero-order valence-corrected chi connectivity index (χ0v) is 9.74. The fourth-order valence-electron chi connectivity index (χ4n) is 2.38. The average molecular weight is 225 g/mol. The van der Waals surface area contributed by atoms with Crippen LogP contribution < -0.4 is 5.32 Å². The summed E-state index contributed by atoms with van der Waals surface area (Å²) in [5.41, 5.74) is 1.35. The third-order valence-corrected chi connectivity index (χ3v) is 3.31. The molecule has 16 heavy (non-hydrogen) atoms. The van der Waals surface area contributed by atoms with E-state index in [9.17, 15) is 8.78 Å². The summed E-state index contributed by atoms with van der Waals surface area (Å²) in [5.74, 6) is -0.366. The molecule has 1 aromatic carbocycles. The molecule has 1 saturated heterocycles. The maximum Gasteiger partial charge on any atom is 0.132 e. The van der Waals surface area contributed by atoms with Crippen LogP contribution in [0.2, 0.25) is 0 Å². The molecule has 1 aromatic rings. The van der Waals surface area contributed by atoms with E-state index < -0.39 is 0 Å². The van der Waals surface area contributed by atoms with Crippen LogP contribution in [0, 0.1) is 31.4 Å². The predicted molar refractivity (Wildman–Crippen MR) is 60.5 cm³/mol. The third kappa shape index (κ3) is 2.09. The topological polar surface area (TPSA) is 12.0 Å². The second-order valence-electron chi connectivity index (χ2n) is 4.68. The normalized spacial score (nSPS) is 20.4. The van der Waals surface area contributed by atoms with Crippen molar-refractivity contribution in [3.05, 3.63) is 34.4 Å². The van der Waals surface area contributed by atoms with E-state index in [1.807, 2.05) is 0 Å². The zero-order valence-electron chi connectivity index (χ0n) is 9.74. The first-order chi connectivity index (χ1) is 7.59. The van der Waals surface area contributed by atoms with Gasteiger partial charge in [0.2, 0.25) is 0 Å². The molecule has 0 radical (unpaired) electrons. The summed E-state index contributed by atoms with van der Waals surface area (Å²) in [4.78, 5) is 0. The highest BCUT2D eigenvalue weighted by Gasteiger charge is 2.21. The Morgan fingerprint density at radius 1 is 1.25 bits per heavy atom. The van der Waals surface area contributed by atoms with Gasteiger partial charge in [-0.3, -0.25) is 0 Å². The summed E-state index contributed by atoms with van der Waals surface area (Å²) in [6, 6.07) is 1.57. The van der Waals surface area contributed by atoms with Crippen molar-refractivity contribution in [1.29, 1.82) is 0 Å². The molecule has 1 nitrogen and oxygen atoms in total. The Bertz CT molecular complexity index is 369. The molecule has 1 heterocycles. The molecule has 1 fully saturated rings. The highest BCUT2D eigenvalue weighted by atomic mass is 19.1. The van der Waals surface area contributed by atoms with E-state index in [0.717, 1.165) is 19.5 Å². The van der Waals surface area contributed by atoms with Crippen molar-refractivity contribution in [3.63, 3.8) is 0 Å². The van der Waals surface area contributed by atoms with Crippen molar-refractivity contribution in [3.8, 4) is 0 Å². The van der Waals surface area contributed by atoms with Gasteiger partial charge in [-0.1, -0.05) is 6.07 Å². The van der Waals surface area contributed by atoms with E-state index in [4.69, 9.17) is 0 Å². The second kappa shape index (κ2) is 4.50. The molecule has 3 heteroatoms. The summed E-state index contributed by atoms with van der Waals surface area (Å²) in [6.45, 7) is 5.21. The summed E-state index contributed by atoms with van der Waals surface area (Å²) in [6.07, 6.45) is 1.51. The van der Waals surface area contributed by atoms with Crippen LogP contribution in [0.4, 0.5) is 8.78 Å².